The number of imidazole rings is 1. The maximum absolute atomic E-state index is 13.7. The van der Waals surface area contributed by atoms with Gasteiger partial charge in [-0.15, -0.1) is 0 Å². The van der Waals surface area contributed by atoms with Gasteiger partial charge >= 0.3 is 0 Å². The van der Waals surface area contributed by atoms with Crippen molar-refractivity contribution in [3.63, 3.8) is 0 Å². The molecule has 2 aromatic heterocycles. The third-order valence-corrected chi connectivity index (χ3v) is 7.19. The number of piperazine rings is 1. The number of nitrogens with one attached hydrogen (secondary N) is 2. The first-order chi connectivity index (χ1) is 19.4. The van der Waals surface area contributed by atoms with Crippen molar-refractivity contribution < 1.29 is 23.8 Å². The number of amides is 1. The van der Waals surface area contributed by atoms with Gasteiger partial charge in [-0.1, -0.05) is 19.9 Å². The second-order valence-corrected chi connectivity index (χ2v) is 10.3. The van der Waals surface area contributed by atoms with E-state index in [1.165, 1.54) is 7.11 Å². The number of anilines is 1. The molecule has 0 radical (unpaired) electrons. The standard InChI is InChI=1S/C28H35N7O5/c1-19(2)21-13-25(33-27(32-21)34-10-8-30-17-34)35-11-9-29-16-28(35,24(36)15-38-3)14-26(37)31-7-6-20-4-5-22-23(12-20)40-18-39-22/h4-5,8,10,12-13,17,19,29H,6-7,9,11,14-16,18H2,1-3H3,(H,31,37). The fraction of sp³-hybridized carbons (Fsp3) is 0.464. The van der Waals surface area contributed by atoms with Gasteiger partial charge in [-0.3, -0.25) is 14.2 Å². The third-order valence-electron chi connectivity index (χ3n) is 7.19. The first kappa shape index (κ1) is 27.5. The number of ketones is 1. The fourth-order valence-corrected chi connectivity index (χ4v) is 5.04. The molecule has 1 aromatic carbocycles. The Hall–Kier alpha value is -4.03. The molecule has 1 atom stereocenters. The molecule has 0 aliphatic carbocycles. The zero-order valence-electron chi connectivity index (χ0n) is 23.1. The second-order valence-electron chi connectivity index (χ2n) is 10.3. The van der Waals surface area contributed by atoms with Crippen LogP contribution in [0.15, 0.2) is 43.0 Å². The largest absolute Gasteiger partial charge is 0.454 e. The molecule has 5 rings (SSSR count). The molecular formula is C28H35N7O5. The van der Waals surface area contributed by atoms with Gasteiger partial charge in [-0.2, -0.15) is 4.98 Å². The highest BCUT2D eigenvalue weighted by Gasteiger charge is 2.47. The molecule has 0 saturated carbocycles. The highest BCUT2D eigenvalue weighted by Crippen LogP contribution is 2.33. The number of hydrogen-bond donors (Lipinski definition) is 2. The molecule has 0 bridgehead atoms. The number of rotatable bonds is 11. The van der Waals surface area contributed by atoms with Crippen LogP contribution >= 0.6 is 0 Å². The van der Waals surface area contributed by atoms with E-state index in [2.05, 4.69) is 29.5 Å². The lowest BCUT2D eigenvalue weighted by atomic mass is 9.85. The molecule has 12 heteroatoms. The molecule has 1 amide bonds. The number of carbonyl (C=O) groups is 2. The summed E-state index contributed by atoms with van der Waals surface area (Å²) in [5.41, 5.74) is 0.657. The predicted octanol–water partition coefficient (Wildman–Crippen LogP) is 1.63. The smallest absolute Gasteiger partial charge is 0.237 e. The Balaban J connectivity index is 1.39. The number of nitrogens with zero attached hydrogens (tertiary/aromatic N) is 5. The molecule has 212 valence electrons. The van der Waals surface area contributed by atoms with E-state index in [0.717, 1.165) is 17.0 Å². The molecule has 1 saturated heterocycles. The van der Waals surface area contributed by atoms with E-state index in [-0.39, 0.29) is 44.0 Å². The number of aromatic nitrogens is 4. The Morgan fingerprint density at radius 2 is 2.05 bits per heavy atom. The van der Waals surface area contributed by atoms with Crippen molar-refractivity contribution in [2.24, 2.45) is 0 Å². The van der Waals surface area contributed by atoms with Crippen LogP contribution in [0.2, 0.25) is 0 Å². The van der Waals surface area contributed by atoms with E-state index in [1.807, 2.05) is 29.2 Å². The summed E-state index contributed by atoms with van der Waals surface area (Å²) in [6, 6.07) is 7.65. The van der Waals surface area contributed by atoms with E-state index in [0.29, 0.717) is 43.6 Å². The maximum atomic E-state index is 13.7. The number of Topliss-reactive ketones (excluding diaryl/α,β-unsaturated/α-hetero) is 1. The fourth-order valence-electron chi connectivity index (χ4n) is 5.04. The van der Waals surface area contributed by atoms with E-state index >= 15 is 0 Å². The first-order valence-electron chi connectivity index (χ1n) is 13.4. The van der Waals surface area contributed by atoms with Crippen molar-refractivity contribution in [2.75, 3.05) is 51.6 Å². The molecule has 3 aromatic rings. The van der Waals surface area contributed by atoms with Crippen LogP contribution in [0.5, 0.6) is 11.5 Å². The number of benzene rings is 1. The molecule has 2 N–H and O–H groups in total. The van der Waals surface area contributed by atoms with Gasteiger partial charge in [0.1, 0.15) is 24.3 Å². The summed E-state index contributed by atoms with van der Waals surface area (Å²) >= 11 is 0. The lowest BCUT2D eigenvalue weighted by molar-refractivity contribution is -0.133. The van der Waals surface area contributed by atoms with Crippen molar-refractivity contribution >= 4 is 17.5 Å². The van der Waals surface area contributed by atoms with Crippen LogP contribution in [0.25, 0.3) is 5.95 Å². The molecule has 2 aliphatic heterocycles. The monoisotopic (exact) mass is 549 g/mol. The van der Waals surface area contributed by atoms with E-state index in [1.54, 1.807) is 23.3 Å². The summed E-state index contributed by atoms with van der Waals surface area (Å²) in [5.74, 6) is 2.17. The number of fused-ring (bicyclic) bond motifs is 1. The summed E-state index contributed by atoms with van der Waals surface area (Å²) in [4.78, 5) is 42.7. The molecule has 1 unspecified atom stereocenters. The molecule has 40 heavy (non-hydrogen) atoms. The first-order valence-corrected chi connectivity index (χ1v) is 13.4. The van der Waals surface area contributed by atoms with Gasteiger partial charge in [-0.05, 0) is 30.0 Å². The minimum Gasteiger partial charge on any atom is -0.454 e. The third kappa shape index (κ3) is 5.77. The predicted molar refractivity (Wildman–Crippen MR) is 147 cm³/mol. The molecule has 4 heterocycles. The van der Waals surface area contributed by atoms with Crippen LogP contribution in [-0.2, 0) is 20.7 Å². The van der Waals surface area contributed by atoms with Gasteiger partial charge in [0.05, 0.1) is 12.1 Å². The minimum absolute atomic E-state index is 0.0508. The topological polar surface area (TPSA) is 133 Å². The van der Waals surface area contributed by atoms with Gasteiger partial charge in [0.25, 0.3) is 0 Å². The van der Waals surface area contributed by atoms with Crippen molar-refractivity contribution in [2.45, 2.75) is 38.1 Å². The van der Waals surface area contributed by atoms with E-state index in [9.17, 15) is 9.59 Å². The quantitative estimate of drug-likeness (QED) is 0.364. The van der Waals surface area contributed by atoms with Crippen LogP contribution in [0.3, 0.4) is 0 Å². The SMILES string of the molecule is COCC(=O)C1(CC(=O)NCCc2ccc3c(c2)OCO3)CNCCN1c1cc(C(C)C)nc(-n2ccnc2)n1. The van der Waals surface area contributed by atoms with Gasteiger partial charge in [-0.25, -0.2) is 9.97 Å². The zero-order valence-corrected chi connectivity index (χ0v) is 23.1. The maximum Gasteiger partial charge on any atom is 0.237 e. The average molecular weight is 550 g/mol. The van der Waals surface area contributed by atoms with Gasteiger partial charge in [0.2, 0.25) is 18.6 Å². The Morgan fingerprint density at radius 1 is 1.20 bits per heavy atom. The number of ether oxygens (including phenoxy) is 3. The minimum atomic E-state index is -1.19. The number of carbonyl (C=O) groups excluding carboxylic acids is 2. The van der Waals surface area contributed by atoms with Crippen molar-refractivity contribution in [3.8, 4) is 17.4 Å². The molecule has 1 fully saturated rings. The summed E-state index contributed by atoms with van der Waals surface area (Å²) in [7, 11) is 1.48. The highest BCUT2D eigenvalue weighted by atomic mass is 16.7. The van der Waals surface area contributed by atoms with Crippen LogP contribution in [0.4, 0.5) is 5.82 Å². The van der Waals surface area contributed by atoms with Crippen LogP contribution < -0.4 is 25.0 Å². The summed E-state index contributed by atoms with van der Waals surface area (Å²) in [6.07, 6.45) is 5.64. The van der Waals surface area contributed by atoms with Gasteiger partial charge in [0.15, 0.2) is 17.3 Å². The Kier molecular flexibility index (Phi) is 8.27. The second kappa shape index (κ2) is 12.0. The summed E-state index contributed by atoms with van der Waals surface area (Å²) in [5, 5.41) is 6.32. The number of methoxy groups -OCH3 is 1. The van der Waals surface area contributed by atoms with Crippen LogP contribution in [0.1, 0.15) is 37.4 Å². The Labute approximate surface area is 233 Å². The molecular weight excluding hydrogens is 514 g/mol. The number of hydrogen-bond acceptors (Lipinski definition) is 10. The van der Waals surface area contributed by atoms with Crippen molar-refractivity contribution in [3.05, 3.63) is 54.2 Å². The van der Waals surface area contributed by atoms with Gasteiger partial charge in [0, 0.05) is 51.7 Å². The Bertz CT molecular complexity index is 1350. The van der Waals surface area contributed by atoms with E-state index in [4.69, 9.17) is 24.2 Å². The molecule has 0 spiro atoms. The lowest BCUT2D eigenvalue weighted by Crippen LogP contribution is -2.68. The molecule has 12 nitrogen and oxygen atoms in total. The van der Waals surface area contributed by atoms with Crippen LogP contribution in [-0.4, -0.2) is 83.4 Å². The van der Waals surface area contributed by atoms with Gasteiger partial charge < -0.3 is 29.7 Å². The summed E-state index contributed by atoms with van der Waals surface area (Å²) in [6.45, 7) is 6.01. The van der Waals surface area contributed by atoms with Crippen molar-refractivity contribution in [1.82, 2.24) is 30.2 Å². The van der Waals surface area contributed by atoms with E-state index < -0.39 is 5.54 Å². The van der Waals surface area contributed by atoms with Crippen molar-refractivity contribution in [1.29, 1.82) is 0 Å². The molecule has 2 aliphatic rings. The lowest BCUT2D eigenvalue weighted by Gasteiger charge is -2.46. The van der Waals surface area contributed by atoms with Crippen LogP contribution in [0, 0.1) is 0 Å². The average Bonchev–Trinajstić information content (AvgIpc) is 3.65. The zero-order chi connectivity index (χ0) is 28.1. The summed E-state index contributed by atoms with van der Waals surface area (Å²) < 4.78 is 17.8. The highest BCUT2D eigenvalue weighted by molar-refractivity contribution is 5.98. The Morgan fingerprint density at radius 3 is 2.83 bits per heavy atom. The normalized spacial score (nSPS) is 18.2.